The minimum absolute atomic E-state index is 0.462. The molecule has 82 valence electrons. The van der Waals surface area contributed by atoms with Gasteiger partial charge in [0.25, 0.3) is 0 Å². The van der Waals surface area contributed by atoms with Crippen molar-refractivity contribution in [3.05, 3.63) is 29.8 Å². The number of nitrogens with zero attached hydrogens (tertiary/aromatic N) is 2. The summed E-state index contributed by atoms with van der Waals surface area (Å²) in [5.41, 5.74) is 0.930. The highest BCUT2D eigenvalue weighted by atomic mass is 32.1. The van der Waals surface area contributed by atoms with Crippen LogP contribution >= 0.6 is 12.2 Å². The van der Waals surface area contributed by atoms with E-state index in [0.29, 0.717) is 11.7 Å². The minimum Gasteiger partial charge on any atom is -0.363 e. The molecule has 1 rings (SSSR count). The molecule has 0 saturated heterocycles. The molecule has 0 aliphatic heterocycles. The number of halogens is 1. The van der Waals surface area contributed by atoms with Gasteiger partial charge in [-0.05, 0) is 30.8 Å². The van der Waals surface area contributed by atoms with Gasteiger partial charge in [-0.25, -0.2) is 4.98 Å². The molecule has 0 amide bonds. The zero-order valence-corrected chi connectivity index (χ0v) is 9.64. The third-order valence-electron chi connectivity index (χ3n) is 1.88. The lowest BCUT2D eigenvalue weighted by molar-refractivity contribution is 0.487. The van der Waals surface area contributed by atoms with E-state index in [9.17, 15) is 4.39 Å². The standard InChI is InChI=1S/C10H14FN3S/c1-3-12-10(15)14(2)7-8-4-5-9(11)13-6-8/h4-6H,3,7H2,1-2H3,(H,12,15). The van der Waals surface area contributed by atoms with Crippen molar-refractivity contribution in [1.82, 2.24) is 15.2 Å². The molecule has 3 nitrogen and oxygen atoms in total. The van der Waals surface area contributed by atoms with E-state index in [-0.39, 0.29) is 0 Å². The topological polar surface area (TPSA) is 28.2 Å². The predicted octanol–water partition coefficient (Wildman–Crippen LogP) is 1.55. The van der Waals surface area contributed by atoms with Crippen molar-refractivity contribution < 1.29 is 4.39 Å². The zero-order valence-electron chi connectivity index (χ0n) is 8.83. The quantitative estimate of drug-likeness (QED) is 0.626. The molecule has 15 heavy (non-hydrogen) atoms. The Hall–Kier alpha value is -1.23. The number of nitrogens with one attached hydrogen (secondary N) is 1. The van der Waals surface area contributed by atoms with Gasteiger partial charge in [0.2, 0.25) is 5.95 Å². The second-order valence-electron chi connectivity index (χ2n) is 3.18. The van der Waals surface area contributed by atoms with E-state index >= 15 is 0 Å². The van der Waals surface area contributed by atoms with Crippen LogP contribution in [0, 0.1) is 5.95 Å². The van der Waals surface area contributed by atoms with E-state index in [4.69, 9.17) is 12.2 Å². The molecule has 0 radical (unpaired) electrons. The number of thiocarbonyl (C=S) groups is 1. The van der Waals surface area contributed by atoms with Crippen molar-refractivity contribution >= 4 is 17.3 Å². The van der Waals surface area contributed by atoms with Crippen LogP contribution in [-0.4, -0.2) is 28.6 Å². The predicted molar refractivity (Wildman–Crippen MR) is 61.9 cm³/mol. The van der Waals surface area contributed by atoms with E-state index in [2.05, 4.69) is 10.3 Å². The van der Waals surface area contributed by atoms with E-state index in [1.807, 2.05) is 18.9 Å². The fraction of sp³-hybridized carbons (Fsp3) is 0.400. The molecule has 1 N–H and O–H groups in total. The third-order valence-corrected chi connectivity index (χ3v) is 2.34. The molecule has 1 heterocycles. The number of aromatic nitrogens is 1. The summed E-state index contributed by atoms with van der Waals surface area (Å²) in [6, 6.07) is 3.05. The third kappa shape index (κ3) is 3.79. The smallest absolute Gasteiger partial charge is 0.212 e. The van der Waals surface area contributed by atoms with Crippen LogP contribution in [-0.2, 0) is 6.54 Å². The number of hydrogen-bond acceptors (Lipinski definition) is 2. The summed E-state index contributed by atoms with van der Waals surface area (Å²) >= 11 is 5.12. The van der Waals surface area contributed by atoms with Crippen molar-refractivity contribution in [3.8, 4) is 0 Å². The van der Waals surface area contributed by atoms with Crippen molar-refractivity contribution in [3.63, 3.8) is 0 Å². The molecule has 0 fully saturated rings. The molecule has 5 heteroatoms. The highest BCUT2D eigenvalue weighted by Gasteiger charge is 2.04. The molecule has 0 aliphatic carbocycles. The van der Waals surface area contributed by atoms with Gasteiger partial charge in [-0.2, -0.15) is 4.39 Å². The highest BCUT2D eigenvalue weighted by molar-refractivity contribution is 7.80. The molecule has 0 aromatic carbocycles. The molecule has 1 aromatic heterocycles. The summed E-state index contributed by atoms with van der Waals surface area (Å²) in [5.74, 6) is -0.462. The van der Waals surface area contributed by atoms with Crippen LogP contribution in [0.25, 0.3) is 0 Å². The Labute approximate surface area is 94.3 Å². The molecule has 1 aromatic rings. The van der Waals surface area contributed by atoms with E-state index in [1.165, 1.54) is 12.3 Å². The summed E-state index contributed by atoms with van der Waals surface area (Å²) in [6.45, 7) is 3.41. The summed E-state index contributed by atoms with van der Waals surface area (Å²) in [7, 11) is 1.88. The SMILES string of the molecule is CCNC(=S)N(C)Cc1ccc(F)nc1. The number of pyridine rings is 1. The van der Waals surface area contributed by atoms with Gasteiger partial charge in [0, 0.05) is 26.3 Å². The first-order valence-electron chi connectivity index (χ1n) is 4.73. The molecule has 0 unspecified atom stereocenters. The van der Waals surface area contributed by atoms with Gasteiger partial charge >= 0.3 is 0 Å². The monoisotopic (exact) mass is 227 g/mol. The Bertz CT molecular complexity index is 326. The molecular weight excluding hydrogens is 213 g/mol. The van der Waals surface area contributed by atoms with Gasteiger partial charge in [0.05, 0.1) is 0 Å². The Balaban J connectivity index is 2.54. The average Bonchev–Trinajstić information content (AvgIpc) is 2.22. The normalized spacial score (nSPS) is 9.80. The van der Waals surface area contributed by atoms with Crippen molar-refractivity contribution in [2.75, 3.05) is 13.6 Å². The van der Waals surface area contributed by atoms with Gasteiger partial charge in [0.1, 0.15) is 0 Å². The highest BCUT2D eigenvalue weighted by Crippen LogP contribution is 2.02. The Morgan fingerprint density at radius 1 is 1.60 bits per heavy atom. The largest absolute Gasteiger partial charge is 0.363 e. The second-order valence-corrected chi connectivity index (χ2v) is 3.57. The van der Waals surface area contributed by atoms with E-state index in [0.717, 1.165) is 12.1 Å². The first-order chi connectivity index (χ1) is 7.13. The fourth-order valence-corrected chi connectivity index (χ4v) is 1.34. The molecule has 0 atom stereocenters. The van der Waals surface area contributed by atoms with E-state index in [1.54, 1.807) is 6.07 Å². The van der Waals surface area contributed by atoms with Crippen LogP contribution in [0.4, 0.5) is 4.39 Å². The van der Waals surface area contributed by atoms with Crippen LogP contribution < -0.4 is 5.32 Å². The van der Waals surface area contributed by atoms with Crippen molar-refractivity contribution in [2.24, 2.45) is 0 Å². The molecule has 0 aliphatic rings. The maximum Gasteiger partial charge on any atom is 0.212 e. The van der Waals surface area contributed by atoms with Crippen molar-refractivity contribution in [1.29, 1.82) is 0 Å². The Morgan fingerprint density at radius 3 is 2.87 bits per heavy atom. The Morgan fingerprint density at radius 2 is 2.33 bits per heavy atom. The van der Waals surface area contributed by atoms with Gasteiger partial charge in [-0.3, -0.25) is 0 Å². The maximum atomic E-state index is 12.5. The average molecular weight is 227 g/mol. The lowest BCUT2D eigenvalue weighted by Gasteiger charge is -2.20. The fourth-order valence-electron chi connectivity index (χ4n) is 1.13. The van der Waals surface area contributed by atoms with E-state index < -0.39 is 5.95 Å². The van der Waals surface area contributed by atoms with Crippen LogP contribution in [0.1, 0.15) is 12.5 Å². The summed E-state index contributed by atoms with van der Waals surface area (Å²) in [4.78, 5) is 5.46. The summed E-state index contributed by atoms with van der Waals surface area (Å²) in [6.07, 6.45) is 1.51. The summed E-state index contributed by atoms with van der Waals surface area (Å²) < 4.78 is 12.5. The first kappa shape index (κ1) is 11.8. The van der Waals surface area contributed by atoms with Crippen LogP contribution in [0.2, 0.25) is 0 Å². The minimum atomic E-state index is -0.462. The molecule has 0 spiro atoms. The van der Waals surface area contributed by atoms with Crippen LogP contribution in [0.3, 0.4) is 0 Å². The molecular formula is C10H14FN3S. The Kier molecular flexibility index (Phi) is 4.42. The van der Waals surface area contributed by atoms with Crippen molar-refractivity contribution in [2.45, 2.75) is 13.5 Å². The van der Waals surface area contributed by atoms with Gasteiger partial charge in [-0.15, -0.1) is 0 Å². The zero-order chi connectivity index (χ0) is 11.3. The van der Waals surface area contributed by atoms with Crippen LogP contribution in [0.5, 0.6) is 0 Å². The molecule has 0 bridgehead atoms. The van der Waals surface area contributed by atoms with Gasteiger partial charge in [0.15, 0.2) is 5.11 Å². The van der Waals surface area contributed by atoms with Crippen LogP contribution in [0.15, 0.2) is 18.3 Å². The lowest BCUT2D eigenvalue weighted by Crippen LogP contribution is -2.36. The molecule has 0 saturated carbocycles. The van der Waals surface area contributed by atoms with Gasteiger partial charge in [-0.1, -0.05) is 6.07 Å². The number of hydrogen-bond donors (Lipinski definition) is 1. The first-order valence-corrected chi connectivity index (χ1v) is 5.13. The lowest BCUT2D eigenvalue weighted by atomic mass is 10.3. The van der Waals surface area contributed by atoms with Gasteiger partial charge < -0.3 is 10.2 Å². The summed E-state index contributed by atoms with van der Waals surface area (Å²) in [5, 5.41) is 3.72. The second kappa shape index (κ2) is 5.60. The maximum absolute atomic E-state index is 12.5. The number of rotatable bonds is 3.